The van der Waals surface area contributed by atoms with Crippen molar-refractivity contribution in [2.75, 3.05) is 10.2 Å². The molecule has 1 aliphatic heterocycles. The van der Waals surface area contributed by atoms with Crippen LogP contribution in [0, 0.1) is 6.92 Å². The molecule has 2 aromatic carbocycles. The highest BCUT2D eigenvalue weighted by Crippen LogP contribution is 2.39. The Balaban J connectivity index is 1.89. The van der Waals surface area contributed by atoms with Crippen LogP contribution in [-0.2, 0) is 0 Å². The molecule has 114 valence electrons. The van der Waals surface area contributed by atoms with Crippen molar-refractivity contribution in [1.29, 1.82) is 0 Å². The van der Waals surface area contributed by atoms with Gasteiger partial charge in [0.25, 0.3) is 5.91 Å². The summed E-state index contributed by atoms with van der Waals surface area (Å²) in [6.07, 6.45) is -0.181. The molecule has 3 nitrogen and oxygen atoms in total. The Morgan fingerprint density at radius 2 is 1.74 bits per heavy atom. The van der Waals surface area contributed by atoms with Crippen molar-refractivity contribution < 1.29 is 4.79 Å². The van der Waals surface area contributed by atoms with Crippen molar-refractivity contribution >= 4 is 28.6 Å². The SMILES string of the molecule is Cc1ccsc1[C@@H]1Nc2ccccc2C(=O)N1c1ccccc1. The Bertz CT molecular complexity index is 857. The summed E-state index contributed by atoms with van der Waals surface area (Å²) in [4.78, 5) is 16.1. The number of carbonyl (C=O) groups is 1. The van der Waals surface area contributed by atoms with Crippen molar-refractivity contribution in [2.24, 2.45) is 0 Å². The van der Waals surface area contributed by atoms with Crippen molar-refractivity contribution in [3.8, 4) is 0 Å². The second kappa shape index (κ2) is 5.56. The van der Waals surface area contributed by atoms with E-state index in [0.717, 1.165) is 16.3 Å². The molecule has 1 atom stereocenters. The van der Waals surface area contributed by atoms with Crippen molar-refractivity contribution in [2.45, 2.75) is 13.1 Å². The second-order valence-electron chi connectivity index (χ2n) is 5.57. The molecule has 1 N–H and O–H groups in total. The summed E-state index contributed by atoms with van der Waals surface area (Å²) in [6, 6.07) is 19.6. The zero-order valence-corrected chi connectivity index (χ0v) is 13.5. The highest BCUT2D eigenvalue weighted by Gasteiger charge is 2.35. The standard InChI is InChI=1S/C19H16N2OS/c1-13-11-12-23-17(13)18-20-16-10-6-5-9-15(16)19(22)21(18)14-7-3-2-4-8-14/h2-12,18,20H,1H3/t18-/m1/s1. The van der Waals surface area contributed by atoms with Crippen LogP contribution in [0.1, 0.15) is 27.0 Å². The zero-order valence-electron chi connectivity index (χ0n) is 12.7. The van der Waals surface area contributed by atoms with Gasteiger partial charge in [-0.3, -0.25) is 9.69 Å². The number of fused-ring (bicyclic) bond motifs is 1. The maximum absolute atomic E-state index is 13.1. The smallest absolute Gasteiger partial charge is 0.262 e. The number of para-hydroxylation sites is 2. The van der Waals surface area contributed by atoms with Gasteiger partial charge < -0.3 is 5.32 Å². The molecule has 1 aliphatic rings. The van der Waals surface area contributed by atoms with Gasteiger partial charge in [0, 0.05) is 11.4 Å². The average Bonchev–Trinajstić information content (AvgIpc) is 3.01. The van der Waals surface area contributed by atoms with E-state index in [9.17, 15) is 4.79 Å². The van der Waals surface area contributed by atoms with Crippen LogP contribution in [0.25, 0.3) is 0 Å². The first kappa shape index (κ1) is 14.0. The first-order chi connectivity index (χ1) is 11.3. The maximum atomic E-state index is 13.1. The molecule has 0 bridgehead atoms. The molecule has 0 saturated heterocycles. The predicted octanol–water partition coefficient (Wildman–Crippen LogP) is 4.83. The molecule has 23 heavy (non-hydrogen) atoms. The third kappa shape index (κ3) is 2.32. The van der Waals surface area contributed by atoms with E-state index in [-0.39, 0.29) is 12.1 Å². The monoisotopic (exact) mass is 320 g/mol. The third-order valence-corrected chi connectivity index (χ3v) is 5.18. The Hall–Kier alpha value is -2.59. The molecule has 4 heteroatoms. The number of thiophene rings is 1. The zero-order chi connectivity index (χ0) is 15.8. The Kier molecular flexibility index (Phi) is 3.39. The molecule has 0 spiro atoms. The number of amides is 1. The van der Waals surface area contributed by atoms with E-state index in [4.69, 9.17) is 0 Å². The summed E-state index contributed by atoms with van der Waals surface area (Å²) >= 11 is 1.67. The van der Waals surface area contributed by atoms with Crippen molar-refractivity contribution in [1.82, 2.24) is 0 Å². The predicted molar refractivity (Wildman–Crippen MR) is 95.1 cm³/mol. The van der Waals surface area contributed by atoms with Gasteiger partial charge in [0.1, 0.15) is 6.17 Å². The quantitative estimate of drug-likeness (QED) is 0.733. The molecule has 3 aromatic rings. The van der Waals surface area contributed by atoms with E-state index < -0.39 is 0 Å². The average molecular weight is 320 g/mol. The molecule has 0 radical (unpaired) electrons. The normalized spacial score (nSPS) is 16.8. The van der Waals surface area contributed by atoms with E-state index >= 15 is 0 Å². The second-order valence-corrected chi connectivity index (χ2v) is 6.52. The van der Waals surface area contributed by atoms with Crippen LogP contribution in [0.4, 0.5) is 11.4 Å². The van der Waals surface area contributed by atoms with Crippen LogP contribution >= 0.6 is 11.3 Å². The first-order valence-corrected chi connectivity index (χ1v) is 8.42. The summed E-state index contributed by atoms with van der Waals surface area (Å²) in [5.41, 5.74) is 3.70. The molecule has 0 aliphatic carbocycles. The minimum atomic E-state index is -0.181. The highest BCUT2D eigenvalue weighted by atomic mass is 32.1. The largest absolute Gasteiger partial charge is 0.360 e. The Morgan fingerprint density at radius 3 is 2.48 bits per heavy atom. The lowest BCUT2D eigenvalue weighted by atomic mass is 10.0. The summed E-state index contributed by atoms with van der Waals surface area (Å²) < 4.78 is 0. The van der Waals surface area contributed by atoms with Gasteiger partial charge >= 0.3 is 0 Å². The summed E-state index contributed by atoms with van der Waals surface area (Å²) in [7, 11) is 0. The number of benzene rings is 2. The number of nitrogens with one attached hydrogen (secondary N) is 1. The highest BCUT2D eigenvalue weighted by molar-refractivity contribution is 7.10. The molecular formula is C19H16N2OS. The number of hydrogen-bond acceptors (Lipinski definition) is 3. The molecule has 0 unspecified atom stereocenters. The Labute approximate surface area is 139 Å². The number of rotatable bonds is 2. The van der Waals surface area contributed by atoms with Gasteiger partial charge in [0.15, 0.2) is 0 Å². The molecular weight excluding hydrogens is 304 g/mol. The van der Waals surface area contributed by atoms with Gasteiger partial charge in [-0.2, -0.15) is 0 Å². The topological polar surface area (TPSA) is 32.3 Å². The lowest BCUT2D eigenvalue weighted by molar-refractivity contribution is 0.0975. The minimum Gasteiger partial charge on any atom is -0.360 e. The van der Waals surface area contributed by atoms with Gasteiger partial charge in [-0.05, 0) is 48.2 Å². The molecule has 1 aromatic heterocycles. The molecule has 2 heterocycles. The van der Waals surface area contributed by atoms with E-state index in [1.54, 1.807) is 11.3 Å². The van der Waals surface area contributed by atoms with E-state index in [2.05, 4.69) is 23.7 Å². The van der Waals surface area contributed by atoms with Gasteiger partial charge in [-0.25, -0.2) is 0 Å². The number of nitrogens with zero attached hydrogens (tertiary/aromatic N) is 1. The number of anilines is 2. The summed E-state index contributed by atoms with van der Waals surface area (Å²) in [5, 5.41) is 5.60. The van der Waals surface area contributed by atoms with Crippen molar-refractivity contribution in [3.63, 3.8) is 0 Å². The lowest BCUT2D eigenvalue weighted by Crippen LogP contribution is -2.43. The Morgan fingerprint density at radius 1 is 1.00 bits per heavy atom. The third-order valence-electron chi connectivity index (χ3n) is 4.11. The number of aryl methyl sites for hydroxylation is 1. The molecule has 0 fully saturated rings. The fourth-order valence-electron chi connectivity index (χ4n) is 2.96. The van der Waals surface area contributed by atoms with Crippen LogP contribution < -0.4 is 10.2 Å². The van der Waals surface area contributed by atoms with Crippen molar-refractivity contribution in [3.05, 3.63) is 82.0 Å². The number of carbonyl (C=O) groups excluding carboxylic acids is 1. The number of hydrogen-bond donors (Lipinski definition) is 1. The van der Waals surface area contributed by atoms with E-state index in [1.807, 2.05) is 59.5 Å². The van der Waals surface area contributed by atoms with Gasteiger partial charge in [-0.15, -0.1) is 11.3 Å². The van der Waals surface area contributed by atoms with Crippen LogP contribution in [0.5, 0.6) is 0 Å². The molecule has 4 rings (SSSR count). The lowest BCUT2D eigenvalue weighted by Gasteiger charge is -2.37. The van der Waals surface area contributed by atoms with Gasteiger partial charge in [0.05, 0.1) is 10.4 Å². The van der Waals surface area contributed by atoms with Gasteiger partial charge in [-0.1, -0.05) is 30.3 Å². The van der Waals surface area contributed by atoms with Gasteiger partial charge in [0.2, 0.25) is 0 Å². The minimum absolute atomic E-state index is 0.0309. The summed E-state index contributed by atoms with van der Waals surface area (Å²) in [6.45, 7) is 2.08. The van der Waals surface area contributed by atoms with Crippen LogP contribution in [-0.4, -0.2) is 5.91 Å². The first-order valence-electron chi connectivity index (χ1n) is 7.54. The fraction of sp³-hybridized carbons (Fsp3) is 0.105. The van der Waals surface area contributed by atoms with Crippen LogP contribution in [0.3, 0.4) is 0 Å². The van der Waals surface area contributed by atoms with Crippen LogP contribution in [0.2, 0.25) is 0 Å². The molecule has 0 saturated carbocycles. The van der Waals surface area contributed by atoms with Crippen LogP contribution in [0.15, 0.2) is 66.0 Å². The molecule has 1 amide bonds. The van der Waals surface area contributed by atoms with E-state index in [0.29, 0.717) is 5.56 Å². The fourth-order valence-corrected chi connectivity index (χ4v) is 3.92. The maximum Gasteiger partial charge on any atom is 0.262 e. The van der Waals surface area contributed by atoms with E-state index in [1.165, 1.54) is 5.56 Å². The summed E-state index contributed by atoms with van der Waals surface area (Å²) in [5.74, 6) is 0.0309.